The number of hydrogen-bond acceptors (Lipinski definition) is 2. The zero-order valence-electron chi connectivity index (χ0n) is 5.15. The zero-order chi connectivity index (χ0) is 6.62. The predicted molar refractivity (Wildman–Crippen MR) is 43.4 cm³/mol. The van der Waals surface area contributed by atoms with E-state index in [-0.39, 0.29) is 5.54 Å². The van der Waals surface area contributed by atoms with Gasteiger partial charge in [0.25, 0.3) is 0 Å². The van der Waals surface area contributed by atoms with Crippen molar-refractivity contribution in [1.29, 1.82) is 0 Å². The summed E-state index contributed by atoms with van der Waals surface area (Å²) in [4.78, 5) is 9.96. The second kappa shape index (κ2) is 3.37. The molecule has 0 saturated carbocycles. The summed E-state index contributed by atoms with van der Waals surface area (Å²) in [6.07, 6.45) is 0.872. The Hall–Kier alpha value is 0.330. The molecule has 3 heteroatoms. The molecule has 0 aromatic carbocycles. The van der Waals surface area contributed by atoms with Gasteiger partial charge in [-0.15, -0.1) is 0 Å². The highest BCUT2D eigenvalue weighted by molar-refractivity contribution is 14.1. The van der Waals surface area contributed by atoms with Crippen LogP contribution in [0.2, 0.25) is 0 Å². The first-order valence-electron chi connectivity index (χ1n) is 2.53. The van der Waals surface area contributed by atoms with Gasteiger partial charge in [0.1, 0.15) is 0 Å². The van der Waals surface area contributed by atoms with Crippen LogP contribution in [0, 0.1) is 4.91 Å². The van der Waals surface area contributed by atoms with Crippen LogP contribution in [-0.2, 0) is 0 Å². The standard InChI is InChI=1S/C5H10INO/c1-5(2,7-8)3-4-6/h3-4H2,1-2H3. The number of alkyl halides is 1. The van der Waals surface area contributed by atoms with Crippen LogP contribution in [0.5, 0.6) is 0 Å². The first kappa shape index (κ1) is 8.33. The molecule has 0 unspecified atom stereocenters. The molecule has 8 heavy (non-hydrogen) atoms. The molecule has 0 saturated heterocycles. The third-order valence-corrected chi connectivity index (χ3v) is 1.49. The molecule has 48 valence electrons. The van der Waals surface area contributed by atoms with Gasteiger partial charge in [-0.2, -0.15) is 4.91 Å². The van der Waals surface area contributed by atoms with E-state index < -0.39 is 0 Å². The first-order chi connectivity index (χ1) is 3.62. The number of nitrogens with zero attached hydrogens (tertiary/aromatic N) is 1. The maximum atomic E-state index is 9.96. The van der Waals surface area contributed by atoms with E-state index in [1.54, 1.807) is 0 Å². The Morgan fingerprint density at radius 3 is 2.25 bits per heavy atom. The van der Waals surface area contributed by atoms with Crippen LogP contribution in [0.3, 0.4) is 0 Å². The van der Waals surface area contributed by atoms with Crippen LogP contribution in [-0.4, -0.2) is 9.97 Å². The van der Waals surface area contributed by atoms with Gasteiger partial charge in [-0.1, -0.05) is 27.8 Å². The lowest BCUT2D eigenvalue weighted by Gasteiger charge is -2.11. The summed E-state index contributed by atoms with van der Waals surface area (Å²) in [6, 6.07) is 0. The molecule has 0 heterocycles. The molecular formula is C5H10INO. The van der Waals surface area contributed by atoms with Crippen LogP contribution in [0.25, 0.3) is 0 Å². The van der Waals surface area contributed by atoms with Gasteiger partial charge in [0, 0.05) is 4.43 Å². The molecule has 0 aliphatic carbocycles. The summed E-state index contributed by atoms with van der Waals surface area (Å²) >= 11 is 2.24. The van der Waals surface area contributed by atoms with Gasteiger partial charge in [0.2, 0.25) is 0 Å². The number of hydrogen-bond donors (Lipinski definition) is 0. The smallest absolute Gasteiger partial charge is 0.0978 e. The van der Waals surface area contributed by atoms with Crippen molar-refractivity contribution in [3.8, 4) is 0 Å². The van der Waals surface area contributed by atoms with Crippen LogP contribution < -0.4 is 0 Å². The van der Waals surface area contributed by atoms with Crippen molar-refractivity contribution in [3.63, 3.8) is 0 Å². The predicted octanol–water partition coefficient (Wildman–Crippen LogP) is 2.36. The lowest BCUT2D eigenvalue weighted by Crippen LogP contribution is -2.15. The number of rotatable bonds is 3. The Morgan fingerprint density at radius 1 is 1.62 bits per heavy atom. The lowest BCUT2D eigenvalue weighted by atomic mass is 10.0. The van der Waals surface area contributed by atoms with Crippen molar-refractivity contribution in [3.05, 3.63) is 4.91 Å². The van der Waals surface area contributed by atoms with E-state index in [2.05, 4.69) is 27.8 Å². The van der Waals surface area contributed by atoms with E-state index in [4.69, 9.17) is 0 Å². The van der Waals surface area contributed by atoms with E-state index in [1.807, 2.05) is 13.8 Å². The van der Waals surface area contributed by atoms with Gasteiger partial charge >= 0.3 is 0 Å². The van der Waals surface area contributed by atoms with Crippen molar-refractivity contribution in [1.82, 2.24) is 0 Å². The summed E-state index contributed by atoms with van der Waals surface area (Å²) in [5.41, 5.74) is -0.346. The molecule has 0 aliphatic heterocycles. The summed E-state index contributed by atoms with van der Waals surface area (Å²) in [6.45, 7) is 3.69. The summed E-state index contributed by atoms with van der Waals surface area (Å²) in [5, 5.41) is 2.96. The fourth-order valence-corrected chi connectivity index (χ4v) is 1.60. The second-order valence-electron chi connectivity index (χ2n) is 2.34. The molecule has 0 radical (unpaired) electrons. The fourth-order valence-electron chi connectivity index (χ4n) is 0.277. The van der Waals surface area contributed by atoms with Crippen molar-refractivity contribution < 1.29 is 0 Å². The van der Waals surface area contributed by atoms with Crippen molar-refractivity contribution in [2.75, 3.05) is 4.43 Å². The van der Waals surface area contributed by atoms with Crippen LogP contribution in [0.1, 0.15) is 20.3 Å². The van der Waals surface area contributed by atoms with Crippen LogP contribution in [0.4, 0.5) is 0 Å². The molecule has 0 atom stereocenters. The number of halogens is 1. The molecule has 2 nitrogen and oxygen atoms in total. The Morgan fingerprint density at radius 2 is 2.12 bits per heavy atom. The highest BCUT2D eigenvalue weighted by Gasteiger charge is 2.15. The molecule has 0 bridgehead atoms. The molecule has 0 fully saturated rings. The van der Waals surface area contributed by atoms with Crippen molar-refractivity contribution in [2.45, 2.75) is 25.8 Å². The first-order valence-corrected chi connectivity index (χ1v) is 4.05. The zero-order valence-corrected chi connectivity index (χ0v) is 7.31. The van der Waals surface area contributed by atoms with E-state index in [1.165, 1.54) is 0 Å². The monoisotopic (exact) mass is 227 g/mol. The third kappa shape index (κ3) is 3.35. The number of nitroso groups, excluding NO2 is 1. The van der Waals surface area contributed by atoms with Crippen molar-refractivity contribution >= 4 is 22.6 Å². The van der Waals surface area contributed by atoms with E-state index in [0.29, 0.717) is 0 Å². The highest BCUT2D eigenvalue weighted by Crippen LogP contribution is 2.14. The molecule has 0 aromatic heterocycles. The van der Waals surface area contributed by atoms with E-state index >= 15 is 0 Å². The summed E-state index contributed by atoms with van der Waals surface area (Å²) in [5.74, 6) is 0. The average Bonchev–Trinajstić information content (AvgIpc) is 1.67. The van der Waals surface area contributed by atoms with Gasteiger partial charge in [-0.05, 0) is 20.3 Å². The van der Waals surface area contributed by atoms with Gasteiger partial charge in [0.05, 0.1) is 5.54 Å². The molecule has 0 N–H and O–H groups in total. The molecule has 0 aliphatic rings. The minimum atomic E-state index is -0.346. The van der Waals surface area contributed by atoms with Gasteiger partial charge < -0.3 is 0 Å². The third-order valence-electron chi connectivity index (χ3n) is 0.953. The lowest BCUT2D eigenvalue weighted by molar-refractivity contribution is 0.508. The second-order valence-corrected chi connectivity index (χ2v) is 3.42. The summed E-state index contributed by atoms with van der Waals surface area (Å²) in [7, 11) is 0. The Labute approximate surface area is 63.2 Å². The average molecular weight is 227 g/mol. The quantitative estimate of drug-likeness (QED) is 0.413. The van der Waals surface area contributed by atoms with Crippen LogP contribution in [0.15, 0.2) is 5.18 Å². The van der Waals surface area contributed by atoms with Crippen LogP contribution >= 0.6 is 22.6 Å². The van der Waals surface area contributed by atoms with E-state index in [0.717, 1.165) is 10.8 Å². The Kier molecular flexibility index (Phi) is 3.51. The maximum Gasteiger partial charge on any atom is 0.0978 e. The molecular weight excluding hydrogens is 217 g/mol. The SMILES string of the molecule is CC(C)(CCI)N=O. The topological polar surface area (TPSA) is 29.4 Å². The Balaban J connectivity index is 3.53. The maximum absolute atomic E-state index is 9.96. The largest absolute Gasteiger partial charge is 0.150 e. The van der Waals surface area contributed by atoms with Gasteiger partial charge in [-0.3, -0.25) is 0 Å². The molecule has 0 rings (SSSR count). The van der Waals surface area contributed by atoms with Crippen molar-refractivity contribution in [2.24, 2.45) is 5.18 Å². The van der Waals surface area contributed by atoms with Gasteiger partial charge in [0.15, 0.2) is 0 Å². The Bertz CT molecular complexity index is 82.5. The fraction of sp³-hybridized carbons (Fsp3) is 1.00. The minimum absolute atomic E-state index is 0.346. The van der Waals surface area contributed by atoms with Gasteiger partial charge in [-0.25, -0.2) is 0 Å². The molecule has 0 aromatic rings. The minimum Gasteiger partial charge on any atom is -0.150 e. The molecule has 0 amide bonds. The molecule has 0 spiro atoms. The highest BCUT2D eigenvalue weighted by atomic mass is 127. The summed E-state index contributed by atoms with van der Waals surface area (Å²) < 4.78 is 0.997. The normalized spacial score (nSPS) is 11.4. The van der Waals surface area contributed by atoms with E-state index in [9.17, 15) is 4.91 Å².